The highest BCUT2D eigenvalue weighted by atomic mass is 16.4. The van der Waals surface area contributed by atoms with Crippen molar-refractivity contribution in [2.24, 2.45) is 5.73 Å². The van der Waals surface area contributed by atoms with Crippen LogP contribution in [0.25, 0.3) is 0 Å². The molecule has 0 amide bonds. The summed E-state index contributed by atoms with van der Waals surface area (Å²) < 4.78 is 0. The van der Waals surface area contributed by atoms with Gasteiger partial charge in [-0.05, 0) is 42.9 Å². The van der Waals surface area contributed by atoms with Gasteiger partial charge < -0.3 is 10.8 Å². The first-order chi connectivity index (χ1) is 8.95. The van der Waals surface area contributed by atoms with Crippen molar-refractivity contribution in [1.82, 2.24) is 4.90 Å². The summed E-state index contributed by atoms with van der Waals surface area (Å²) in [5, 5.41) is 8.91. The predicted octanol–water partition coefficient (Wildman–Crippen LogP) is 1.50. The second kappa shape index (κ2) is 5.72. The first-order valence-electron chi connectivity index (χ1n) is 6.72. The number of piperidine rings is 1. The molecule has 2 rings (SSSR count). The number of carboxylic acid groups (broad SMARTS) is 1. The minimum Gasteiger partial charge on any atom is -0.480 e. The molecule has 2 unspecified atom stereocenters. The van der Waals surface area contributed by atoms with Crippen LogP contribution in [0.4, 0.5) is 0 Å². The lowest BCUT2D eigenvalue weighted by Gasteiger charge is -2.35. The number of nitrogens with two attached hydrogens (primary N) is 1. The van der Waals surface area contributed by atoms with Crippen LogP contribution in [0, 0.1) is 13.8 Å². The summed E-state index contributed by atoms with van der Waals surface area (Å²) in [7, 11) is 0. The van der Waals surface area contributed by atoms with Crippen LogP contribution in [0.15, 0.2) is 18.2 Å². The van der Waals surface area contributed by atoms with E-state index in [4.69, 9.17) is 10.8 Å². The summed E-state index contributed by atoms with van der Waals surface area (Å²) in [6.07, 6.45) is 0.929. The monoisotopic (exact) mass is 262 g/mol. The first kappa shape index (κ1) is 14.0. The Morgan fingerprint density at radius 2 is 2.11 bits per heavy atom. The summed E-state index contributed by atoms with van der Waals surface area (Å²) in [5.74, 6) is -0.449. The van der Waals surface area contributed by atoms with Gasteiger partial charge in [0.05, 0.1) is 6.54 Å². The minimum atomic E-state index is -0.784. The molecule has 0 saturated carbocycles. The number of carbonyl (C=O) groups is 1. The molecule has 0 aromatic heterocycles. The van der Waals surface area contributed by atoms with Gasteiger partial charge in [0.25, 0.3) is 0 Å². The Balaban J connectivity index is 2.14. The minimum absolute atomic E-state index is 0.0553. The van der Waals surface area contributed by atoms with E-state index < -0.39 is 5.97 Å². The lowest BCUT2D eigenvalue weighted by Crippen LogP contribution is -2.47. The molecule has 4 nitrogen and oxygen atoms in total. The van der Waals surface area contributed by atoms with Gasteiger partial charge in [-0.15, -0.1) is 0 Å². The van der Waals surface area contributed by atoms with Crippen molar-refractivity contribution in [2.75, 3.05) is 19.6 Å². The molecule has 104 valence electrons. The highest BCUT2D eigenvalue weighted by Crippen LogP contribution is 2.27. The Kier molecular flexibility index (Phi) is 4.22. The van der Waals surface area contributed by atoms with E-state index in [0.29, 0.717) is 12.5 Å². The average Bonchev–Trinajstić information content (AvgIpc) is 2.31. The fraction of sp³-hybridized carbons (Fsp3) is 0.533. The zero-order valence-corrected chi connectivity index (χ0v) is 11.6. The standard InChI is InChI=1S/C15H22N2O2/c1-10-3-4-12(5-11(10)2)13-6-14(16)8-17(7-13)9-15(18)19/h3-5,13-14H,6-9,16H2,1-2H3,(H,18,19). The third-order valence-corrected chi connectivity index (χ3v) is 3.92. The van der Waals surface area contributed by atoms with Crippen LogP contribution in [0.2, 0.25) is 0 Å². The normalized spacial score (nSPS) is 24.4. The number of hydrogen-bond acceptors (Lipinski definition) is 3. The number of likely N-dealkylation sites (tertiary alicyclic amines) is 1. The molecule has 1 aliphatic rings. The number of aryl methyl sites for hydroxylation is 2. The van der Waals surface area contributed by atoms with Gasteiger partial charge in [-0.1, -0.05) is 18.2 Å². The van der Waals surface area contributed by atoms with Crippen molar-refractivity contribution in [3.8, 4) is 0 Å². The number of aliphatic carboxylic acids is 1. The number of hydrogen-bond donors (Lipinski definition) is 2. The van der Waals surface area contributed by atoms with Gasteiger partial charge in [-0.3, -0.25) is 9.69 Å². The number of rotatable bonds is 3. The quantitative estimate of drug-likeness (QED) is 0.866. The van der Waals surface area contributed by atoms with E-state index in [1.54, 1.807) is 0 Å². The largest absolute Gasteiger partial charge is 0.480 e. The van der Waals surface area contributed by atoms with Crippen LogP contribution in [-0.4, -0.2) is 41.7 Å². The van der Waals surface area contributed by atoms with Gasteiger partial charge in [-0.25, -0.2) is 0 Å². The van der Waals surface area contributed by atoms with Crippen LogP contribution < -0.4 is 5.73 Å². The molecular formula is C15H22N2O2. The predicted molar refractivity (Wildman–Crippen MR) is 75.3 cm³/mol. The fourth-order valence-corrected chi connectivity index (χ4v) is 2.81. The van der Waals surface area contributed by atoms with Crippen molar-refractivity contribution < 1.29 is 9.90 Å². The van der Waals surface area contributed by atoms with Crippen molar-refractivity contribution in [2.45, 2.75) is 32.2 Å². The van der Waals surface area contributed by atoms with Crippen LogP contribution >= 0.6 is 0 Å². The molecule has 1 heterocycles. The van der Waals surface area contributed by atoms with E-state index in [1.165, 1.54) is 16.7 Å². The summed E-state index contributed by atoms with van der Waals surface area (Å²) in [6.45, 7) is 5.74. The number of carboxylic acids is 1. The summed E-state index contributed by atoms with van der Waals surface area (Å²) in [4.78, 5) is 12.8. The molecule has 4 heteroatoms. The van der Waals surface area contributed by atoms with E-state index in [-0.39, 0.29) is 12.6 Å². The molecule has 2 atom stereocenters. The SMILES string of the molecule is Cc1ccc(C2CC(N)CN(CC(=O)O)C2)cc1C. The van der Waals surface area contributed by atoms with E-state index in [2.05, 4.69) is 32.0 Å². The molecule has 1 aromatic rings. The van der Waals surface area contributed by atoms with Gasteiger partial charge in [0, 0.05) is 19.1 Å². The lowest BCUT2D eigenvalue weighted by atomic mass is 9.87. The van der Waals surface area contributed by atoms with E-state index in [0.717, 1.165) is 13.0 Å². The zero-order valence-electron chi connectivity index (χ0n) is 11.6. The van der Waals surface area contributed by atoms with Crippen LogP contribution in [-0.2, 0) is 4.79 Å². The number of nitrogens with zero attached hydrogens (tertiary/aromatic N) is 1. The molecule has 1 fully saturated rings. The maximum Gasteiger partial charge on any atom is 0.317 e. The summed E-state index contributed by atoms with van der Waals surface area (Å²) in [5.41, 5.74) is 9.90. The fourth-order valence-electron chi connectivity index (χ4n) is 2.81. The molecule has 19 heavy (non-hydrogen) atoms. The van der Waals surface area contributed by atoms with Crippen molar-refractivity contribution >= 4 is 5.97 Å². The maximum atomic E-state index is 10.8. The first-order valence-corrected chi connectivity index (χ1v) is 6.72. The Hall–Kier alpha value is -1.39. The van der Waals surface area contributed by atoms with Gasteiger partial charge >= 0.3 is 5.97 Å². The summed E-state index contributed by atoms with van der Waals surface area (Å²) >= 11 is 0. The molecule has 3 N–H and O–H groups in total. The topological polar surface area (TPSA) is 66.6 Å². The third-order valence-electron chi connectivity index (χ3n) is 3.92. The van der Waals surface area contributed by atoms with Crippen molar-refractivity contribution in [1.29, 1.82) is 0 Å². The molecular weight excluding hydrogens is 240 g/mol. The Morgan fingerprint density at radius 1 is 1.37 bits per heavy atom. The Labute approximate surface area is 114 Å². The van der Waals surface area contributed by atoms with Crippen LogP contribution in [0.5, 0.6) is 0 Å². The molecule has 1 aromatic carbocycles. The van der Waals surface area contributed by atoms with Crippen LogP contribution in [0.1, 0.15) is 29.0 Å². The van der Waals surface area contributed by atoms with Gasteiger partial charge in [-0.2, -0.15) is 0 Å². The third kappa shape index (κ3) is 3.55. The lowest BCUT2D eigenvalue weighted by molar-refractivity contribution is -0.138. The molecule has 0 spiro atoms. The second-order valence-electron chi connectivity index (χ2n) is 5.62. The molecule has 1 saturated heterocycles. The van der Waals surface area contributed by atoms with Gasteiger partial charge in [0.2, 0.25) is 0 Å². The highest BCUT2D eigenvalue weighted by molar-refractivity contribution is 5.69. The van der Waals surface area contributed by atoms with Crippen molar-refractivity contribution in [3.63, 3.8) is 0 Å². The maximum absolute atomic E-state index is 10.8. The molecule has 1 aliphatic heterocycles. The summed E-state index contributed by atoms with van der Waals surface area (Å²) in [6, 6.07) is 6.53. The van der Waals surface area contributed by atoms with Crippen LogP contribution in [0.3, 0.4) is 0 Å². The molecule has 0 aliphatic carbocycles. The van der Waals surface area contributed by atoms with E-state index >= 15 is 0 Å². The molecule has 0 radical (unpaired) electrons. The zero-order chi connectivity index (χ0) is 14.0. The Bertz CT molecular complexity index is 473. The molecule has 0 bridgehead atoms. The smallest absolute Gasteiger partial charge is 0.317 e. The Morgan fingerprint density at radius 3 is 2.74 bits per heavy atom. The highest BCUT2D eigenvalue weighted by Gasteiger charge is 2.27. The second-order valence-corrected chi connectivity index (χ2v) is 5.62. The van der Waals surface area contributed by atoms with Crippen molar-refractivity contribution in [3.05, 3.63) is 34.9 Å². The van der Waals surface area contributed by atoms with Gasteiger partial charge in [0.1, 0.15) is 0 Å². The number of benzene rings is 1. The average molecular weight is 262 g/mol. The van der Waals surface area contributed by atoms with Gasteiger partial charge in [0.15, 0.2) is 0 Å². The van der Waals surface area contributed by atoms with E-state index in [1.807, 2.05) is 4.90 Å². The van der Waals surface area contributed by atoms with E-state index in [9.17, 15) is 4.79 Å².